The Balaban J connectivity index is 0.00000242. The van der Waals surface area contributed by atoms with Gasteiger partial charge in [0.25, 0.3) is 0 Å². The maximum atomic E-state index is 11.7. The number of nitrogens with zero attached hydrogens (tertiary/aromatic N) is 2. The molecule has 2 rings (SSSR count). The quantitative estimate of drug-likeness (QED) is 0.441. The van der Waals surface area contributed by atoms with Crippen molar-refractivity contribution in [1.29, 1.82) is 0 Å². The second-order valence-electron chi connectivity index (χ2n) is 5.47. The maximum absolute atomic E-state index is 11.7. The molecule has 0 aliphatic carbocycles. The van der Waals surface area contributed by atoms with Crippen LogP contribution in [0.1, 0.15) is 38.7 Å². The highest BCUT2D eigenvalue weighted by Gasteiger charge is 2.21. The zero-order valence-electron chi connectivity index (χ0n) is 13.2. The third-order valence-corrected chi connectivity index (χ3v) is 3.76. The number of guanidine groups is 1. The summed E-state index contributed by atoms with van der Waals surface area (Å²) in [5.41, 5.74) is 7.88. The molecule has 1 aliphatic rings. The van der Waals surface area contributed by atoms with Gasteiger partial charge in [-0.3, -0.25) is 4.79 Å². The molecule has 1 aromatic carbocycles. The molecule has 0 radical (unpaired) electrons. The maximum Gasteiger partial charge on any atom is 0.227 e. The Hall–Kier alpha value is -1.31. The third kappa shape index (κ3) is 5.15. The summed E-state index contributed by atoms with van der Waals surface area (Å²) in [4.78, 5) is 17.9. The summed E-state index contributed by atoms with van der Waals surface area (Å²) < 4.78 is 0. The molecule has 0 bridgehead atoms. The summed E-state index contributed by atoms with van der Waals surface area (Å²) in [6.07, 6.45) is 2.61. The third-order valence-electron chi connectivity index (χ3n) is 3.76. The van der Waals surface area contributed by atoms with Gasteiger partial charge >= 0.3 is 0 Å². The second kappa shape index (κ2) is 8.97. The number of carbonyl (C=O) groups excluding carboxylic acids is 1. The first-order chi connectivity index (χ1) is 10.1. The van der Waals surface area contributed by atoms with Crippen LogP contribution in [-0.2, 0) is 11.3 Å². The summed E-state index contributed by atoms with van der Waals surface area (Å²) in [6, 6.07) is 8.29. The summed E-state index contributed by atoms with van der Waals surface area (Å²) >= 11 is 0. The molecule has 6 heteroatoms. The molecular weight excluding hydrogens is 391 g/mol. The fraction of sp³-hybridized carbons (Fsp3) is 0.500. The lowest BCUT2D eigenvalue weighted by Crippen LogP contribution is -2.38. The van der Waals surface area contributed by atoms with Gasteiger partial charge in [0.2, 0.25) is 5.91 Å². The molecule has 0 aromatic heterocycles. The van der Waals surface area contributed by atoms with E-state index in [2.05, 4.69) is 24.2 Å². The van der Waals surface area contributed by atoms with Crippen LogP contribution >= 0.6 is 24.0 Å². The van der Waals surface area contributed by atoms with E-state index in [0.717, 1.165) is 30.6 Å². The molecule has 0 spiro atoms. The van der Waals surface area contributed by atoms with Crippen LogP contribution in [0.2, 0.25) is 0 Å². The number of hydrogen-bond acceptors (Lipinski definition) is 2. The molecule has 22 heavy (non-hydrogen) atoms. The van der Waals surface area contributed by atoms with Crippen molar-refractivity contribution >= 4 is 41.5 Å². The van der Waals surface area contributed by atoms with Crippen molar-refractivity contribution in [2.24, 2.45) is 10.7 Å². The highest BCUT2D eigenvalue weighted by molar-refractivity contribution is 14.0. The number of benzene rings is 1. The van der Waals surface area contributed by atoms with Gasteiger partial charge in [0, 0.05) is 24.7 Å². The van der Waals surface area contributed by atoms with Crippen LogP contribution in [0.25, 0.3) is 0 Å². The van der Waals surface area contributed by atoms with Crippen molar-refractivity contribution in [1.82, 2.24) is 5.32 Å². The lowest BCUT2D eigenvalue weighted by atomic mass is 10.2. The van der Waals surface area contributed by atoms with E-state index >= 15 is 0 Å². The second-order valence-corrected chi connectivity index (χ2v) is 5.47. The Morgan fingerprint density at radius 1 is 1.41 bits per heavy atom. The van der Waals surface area contributed by atoms with E-state index in [-0.39, 0.29) is 29.9 Å². The van der Waals surface area contributed by atoms with Crippen LogP contribution in [0.5, 0.6) is 0 Å². The van der Waals surface area contributed by atoms with Crippen molar-refractivity contribution in [3.63, 3.8) is 0 Å². The van der Waals surface area contributed by atoms with Gasteiger partial charge in [0.1, 0.15) is 0 Å². The molecular formula is C16H25IN4O. The molecule has 5 nitrogen and oxygen atoms in total. The first kappa shape index (κ1) is 18.7. The first-order valence-electron chi connectivity index (χ1n) is 7.56. The minimum absolute atomic E-state index is 0. The normalized spacial score (nSPS) is 16.4. The Bertz CT molecular complexity index is 515. The van der Waals surface area contributed by atoms with Gasteiger partial charge in [0.05, 0.1) is 6.54 Å². The highest BCUT2D eigenvalue weighted by Crippen LogP contribution is 2.21. The minimum Gasteiger partial charge on any atom is -0.370 e. The number of aliphatic imine (C=N–C) groups is 1. The molecule has 1 aromatic rings. The number of anilines is 1. The molecule has 1 saturated heterocycles. The molecule has 1 unspecified atom stereocenters. The Labute approximate surface area is 149 Å². The van der Waals surface area contributed by atoms with Crippen LogP contribution in [-0.4, -0.2) is 24.5 Å². The van der Waals surface area contributed by atoms with E-state index in [4.69, 9.17) is 5.73 Å². The number of halogens is 1. The van der Waals surface area contributed by atoms with Gasteiger partial charge in [0.15, 0.2) is 5.96 Å². The van der Waals surface area contributed by atoms with Crippen LogP contribution in [0, 0.1) is 0 Å². The predicted octanol–water partition coefficient (Wildman–Crippen LogP) is 2.63. The number of carbonyl (C=O) groups is 1. The van der Waals surface area contributed by atoms with Crippen molar-refractivity contribution in [2.45, 2.75) is 45.7 Å². The zero-order chi connectivity index (χ0) is 15.2. The van der Waals surface area contributed by atoms with Gasteiger partial charge in [-0.15, -0.1) is 24.0 Å². The number of amides is 1. The molecule has 1 amide bonds. The highest BCUT2D eigenvalue weighted by atomic mass is 127. The van der Waals surface area contributed by atoms with Crippen LogP contribution < -0.4 is 16.0 Å². The average Bonchev–Trinajstić information content (AvgIpc) is 2.91. The molecule has 3 N–H and O–H groups in total. The van der Waals surface area contributed by atoms with Crippen LogP contribution in [0.4, 0.5) is 5.69 Å². The van der Waals surface area contributed by atoms with Gasteiger partial charge in [-0.05, 0) is 37.5 Å². The summed E-state index contributed by atoms with van der Waals surface area (Å²) in [6.45, 7) is 5.54. The van der Waals surface area contributed by atoms with Crippen molar-refractivity contribution in [3.05, 3.63) is 29.8 Å². The van der Waals surface area contributed by atoms with E-state index in [0.29, 0.717) is 25.0 Å². The lowest BCUT2D eigenvalue weighted by molar-refractivity contribution is -0.117. The number of nitrogens with two attached hydrogens (primary N) is 1. The molecule has 1 aliphatic heterocycles. The Morgan fingerprint density at radius 2 is 2.09 bits per heavy atom. The van der Waals surface area contributed by atoms with Crippen molar-refractivity contribution in [2.75, 3.05) is 11.4 Å². The van der Waals surface area contributed by atoms with E-state index in [1.165, 1.54) is 0 Å². The standard InChI is InChI=1S/C16H24N4O.HI/c1-3-12(2)19-16(17)18-11-13-6-8-14(9-7-13)20-10-4-5-15(20)21;/h6-9,12H,3-5,10-11H2,1-2H3,(H3,17,18,19);1H. The summed E-state index contributed by atoms with van der Waals surface area (Å²) in [5, 5.41) is 3.14. The number of hydrogen-bond donors (Lipinski definition) is 2. The van der Waals surface area contributed by atoms with E-state index in [9.17, 15) is 4.79 Å². The van der Waals surface area contributed by atoms with Crippen molar-refractivity contribution < 1.29 is 4.79 Å². The SMILES string of the molecule is CCC(C)NC(N)=NCc1ccc(N2CCCC2=O)cc1.I. The number of rotatable bonds is 5. The van der Waals surface area contributed by atoms with Crippen molar-refractivity contribution in [3.8, 4) is 0 Å². The van der Waals surface area contributed by atoms with Gasteiger partial charge in [-0.1, -0.05) is 19.1 Å². The fourth-order valence-corrected chi connectivity index (χ4v) is 2.28. The van der Waals surface area contributed by atoms with Gasteiger partial charge in [-0.2, -0.15) is 0 Å². The molecule has 1 atom stereocenters. The van der Waals surface area contributed by atoms with Crippen LogP contribution in [0.15, 0.2) is 29.3 Å². The monoisotopic (exact) mass is 416 g/mol. The molecule has 0 saturated carbocycles. The van der Waals surface area contributed by atoms with Crippen LogP contribution in [0.3, 0.4) is 0 Å². The smallest absolute Gasteiger partial charge is 0.227 e. The van der Waals surface area contributed by atoms with Gasteiger partial charge < -0.3 is 16.0 Å². The fourth-order valence-electron chi connectivity index (χ4n) is 2.28. The predicted molar refractivity (Wildman–Crippen MR) is 102 cm³/mol. The Morgan fingerprint density at radius 3 is 2.64 bits per heavy atom. The first-order valence-corrected chi connectivity index (χ1v) is 7.56. The van der Waals surface area contributed by atoms with E-state index < -0.39 is 0 Å². The number of nitrogens with one attached hydrogen (secondary N) is 1. The Kier molecular flexibility index (Phi) is 7.64. The zero-order valence-corrected chi connectivity index (χ0v) is 15.5. The molecule has 1 heterocycles. The van der Waals surface area contributed by atoms with Gasteiger partial charge in [-0.25, -0.2) is 4.99 Å². The van der Waals surface area contributed by atoms with E-state index in [1.54, 1.807) is 0 Å². The average molecular weight is 416 g/mol. The minimum atomic E-state index is 0. The van der Waals surface area contributed by atoms with E-state index in [1.807, 2.05) is 29.2 Å². The molecule has 122 valence electrons. The summed E-state index contributed by atoms with van der Waals surface area (Å²) in [5.74, 6) is 0.686. The summed E-state index contributed by atoms with van der Waals surface area (Å²) in [7, 11) is 0. The lowest BCUT2D eigenvalue weighted by Gasteiger charge is -2.15. The molecule has 1 fully saturated rings. The topological polar surface area (TPSA) is 70.7 Å². The largest absolute Gasteiger partial charge is 0.370 e.